The van der Waals surface area contributed by atoms with E-state index < -0.39 is 0 Å². The van der Waals surface area contributed by atoms with Crippen LogP contribution in [0.15, 0.2) is 12.4 Å². The van der Waals surface area contributed by atoms with Gasteiger partial charge in [0.2, 0.25) is 0 Å². The molecular formula is C14H18N4O2. The van der Waals surface area contributed by atoms with Gasteiger partial charge in [-0.3, -0.25) is 9.59 Å². The lowest BCUT2D eigenvalue weighted by molar-refractivity contribution is 0.110. The molecule has 0 saturated carbocycles. The summed E-state index contributed by atoms with van der Waals surface area (Å²) in [5.74, 6) is 1.27. The summed E-state index contributed by atoms with van der Waals surface area (Å²) in [4.78, 5) is 30.7. The lowest BCUT2D eigenvalue weighted by Gasteiger charge is -2.10. The predicted octanol–water partition coefficient (Wildman–Crippen LogP) is 2.19. The molecule has 0 saturated heterocycles. The minimum absolute atomic E-state index is 0.528. The number of nitrogens with zero attached hydrogens (tertiary/aromatic N) is 4. The average Bonchev–Trinajstić information content (AvgIpc) is 3.03. The SMILES string of the molecule is CCCn1c(C=O)cnc1-c1ncc(C=O)n1CCC. The first-order valence-corrected chi connectivity index (χ1v) is 6.78. The molecule has 106 valence electrons. The summed E-state index contributed by atoms with van der Waals surface area (Å²) in [5, 5.41) is 0. The molecule has 0 aliphatic heterocycles. The van der Waals surface area contributed by atoms with Crippen LogP contribution in [-0.4, -0.2) is 31.7 Å². The van der Waals surface area contributed by atoms with Gasteiger partial charge in [0.15, 0.2) is 24.2 Å². The Labute approximate surface area is 117 Å². The van der Waals surface area contributed by atoms with Gasteiger partial charge in [0.05, 0.1) is 12.4 Å². The van der Waals surface area contributed by atoms with Crippen LogP contribution in [0.1, 0.15) is 47.7 Å². The predicted molar refractivity (Wildman–Crippen MR) is 74.8 cm³/mol. The maximum absolute atomic E-state index is 11.1. The van der Waals surface area contributed by atoms with Crippen LogP contribution in [0, 0.1) is 0 Å². The number of imidazole rings is 2. The van der Waals surface area contributed by atoms with E-state index in [2.05, 4.69) is 9.97 Å². The molecule has 0 unspecified atom stereocenters. The van der Waals surface area contributed by atoms with Gasteiger partial charge in [-0.1, -0.05) is 13.8 Å². The first-order valence-electron chi connectivity index (χ1n) is 6.78. The largest absolute Gasteiger partial charge is 0.319 e. The molecule has 0 spiro atoms. The highest BCUT2D eigenvalue weighted by Crippen LogP contribution is 2.20. The smallest absolute Gasteiger partial charge is 0.177 e. The van der Waals surface area contributed by atoms with Crippen molar-refractivity contribution in [3.63, 3.8) is 0 Å². The minimum Gasteiger partial charge on any atom is -0.319 e. The number of hydrogen-bond donors (Lipinski definition) is 0. The second kappa shape index (κ2) is 6.27. The molecule has 0 N–H and O–H groups in total. The van der Waals surface area contributed by atoms with Crippen molar-refractivity contribution in [3.05, 3.63) is 23.8 Å². The number of hydrogen-bond acceptors (Lipinski definition) is 4. The molecule has 0 aliphatic rings. The van der Waals surface area contributed by atoms with Crippen LogP contribution in [0.2, 0.25) is 0 Å². The summed E-state index contributed by atoms with van der Waals surface area (Å²) in [6.07, 6.45) is 6.45. The van der Waals surface area contributed by atoms with E-state index in [1.165, 1.54) is 0 Å². The van der Waals surface area contributed by atoms with Crippen LogP contribution in [0.4, 0.5) is 0 Å². The van der Waals surface area contributed by atoms with E-state index in [0.717, 1.165) is 25.4 Å². The highest BCUT2D eigenvalue weighted by molar-refractivity contribution is 5.75. The summed E-state index contributed by atoms with van der Waals surface area (Å²) in [6, 6.07) is 0. The molecule has 2 rings (SSSR count). The molecule has 2 heterocycles. The molecule has 0 amide bonds. The van der Waals surface area contributed by atoms with Gasteiger partial charge in [0.25, 0.3) is 0 Å². The van der Waals surface area contributed by atoms with Crippen LogP contribution < -0.4 is 0 Å². The van der Waals surface area contributed by atoms with Crippen LogP contribution >= 0.6 is 0 Å². The molecule has 0 radical (unpaired) electrons. The highest BCUT2D eigenvalue weighted by Gasteiger charge is 2.17. The quantitative estimate of drug-likeness (QED) is 0.726. The molecule has 2 aromatic rings. The van der Waals surface area contributed by atoms with Gasteiger partial charge in [-0.25, -0.2) is 9.97 Å². The zero-order chi connectivity index (χ0) is 14.5. The van der Waals surface area contributed by atoms with Crippen LogP contribution in [0.25, 0.3) is 11.6 Å². The standard InChI is InChI=1S/C14H18N4O2/c1-3-5-17-11(9-19)7-15-13(17)14-16-8-12(10-20)18(14)6-4-2/h7-10H,3-6H2,1-2H3. The van der Waals surface area contributed by atoms with Crippen molar-refractivity contribution in [2.45, 2.75) is 39.8 Å². The monoisotopic (exact) mass is 274 g/mol. The van der Waals surface area contributed by atoms with E-state index in [4.69, 9.17) is 0 Å². The number of aromatic nitrogens is 4. The van der Waals surface area contributed by atoms with Crippen LogP contribution in [0.5, 0.6) is 0 Å². The molecule has 6 nitrogen and oxygen atoms in total. The maximum Gasteiger partial charge on any atom is 0.177 e. The molecule has 0 aliphatic carbocycles. The summed E-state index contributed by atoms with van der Waals surface area (Å²) in [5.41, 5.74) is 1.06. The molecule has 2 aromatic heterocycles. The van der Waals surface area contributed by atoms with E-state index in [1.807, 2.05) is 23.0 Å². The van der Waals surface area contributed by atoms with E-state index in [9.17, 15) is 9.59 Å². The van der Waals surface area contributed by atoms with E-state index in [-0.39, 0.29) is 0 Å². The number of aldehydes is 2. The second-order valence-corrected chi connectivity index (χ2v) is 4.55. The summed E-state index contributed by atoms with van der Waals surface area (Å²) < 4.78 is 3.69. The minimum atomic E-state index is 0.528. The maximum atomic E-state index is 11.1. The number of carbonyl (C=O) groups excluding carboxylic acids is 2. The normalized spacial score (nSPS) is 10.7. The summed E-state index contributed by atoms with van der Waals surface area (Å²) >= 11 is 0. The fraction of sp³-hybridized carbons (Fsp3) is 0.429. The van der Waals surface area contributed by atoms with Gasteiger partial charge >= 0.3 is 0 Å². The lowest BCUT2D eigenvalue weighted by Crippen LogP contribution is -2.09. The van der Waals surface area contributed by atoms with E-state index in [1.54, 1.807) is 12.4 Å². The third-order valence-corrected chi connectivity index (χ3v) is 3.11. The van der Waals surface area contributed by atoms with Crippen molar-refractivity contribution in [1.29, 1.82) is 0 Å². The van der Waals surface area contributed by atoms with Crippen molar-refractivity contribution in [3.8, 4) is 11.6 Å². The third-order valence-electron chi connectivity index (χ3n) is 3.11. The van der Waals surface area contributed by atoms with Crippen molar-refractivity contribution in [1.82, 2.24) is 19.1 Å². The molecule has 0 fully saturated rings. The fourth-order valence-electron chi connectivity index (χ4n) is 2.24. The Kier molecular flexibility index (Phi) is 4.45. The first kappa shape index (κ1) is 14.2. The molecule has 0 aromatic carbocycles. The van der Waals surface area contributed by atoms with Gasteiger partial charge < -0.3 is 9.13 Å². The van der Waals surface area contributed by atoms with Gasteiger partial charge in [-0.2, -0.15) is 0 Å². The fourth-order valence-corrected chi connectivity index (χ4v) is 2.24. The third kappa shape index (κ3) is 2.41. The molecule has 20 heavy (non-hydrogen) atoms. The van der Waals surface area contributed by atoms with E-state index >= 15 is 0 Å². The zero-order valence-corrected chi connectivity index (χ0v) is 11.7. The Bertz CT molecular complexity index is 558. The Balaban J connectivity index is 2.56. The average molecular weight is 274 g/mol. The van der Waals surface area contributed by atoms with E-state index in [0.29, 0.717) is 36.1 Å². The first-order chi connectivity index (χ1) is 9.76. The lowest BCUT2D eigenvalue weighted by atomic mass is 10.4. The molecule has 6 heteroatoms. The van der Waals surface area contributed by atoms with Crippen LogP contribution in [0.3, 0.4) is 0 Å². The van der Waals surface area contributed by atoms with Crippen molar-refractivity contribution in [2.24, 2.45) is 0 Å². The summed E-state index contributed by atoms with van der Waals surface area (Å²) in [6.45, 7) is 5.46. The Morgan fingerprint density at radius 1 is 0.900 bits per heavy atom. The highest BCUT2D eigenvalue weighted by atomic mass is 16.1. The van der Waals surface area contributed by atoms with Gasteiger partial charge in [0, 0.05) is 13.1 Å². The molecule has 0 bridgehead atoms. The molecular weight excluding hydrogens is 256 g/mol. The number of rotatable bonds is 7. The molecule has 0 atom stereocenters. The van der Waals surface area contributed by atoms with Crippen LogP contribution in [-0.2, 0) is 13.1 Å². The number of carbonyl (C=O) groups is 2. The Morgan fingerprint density at radius 3 is 1.60 bits per heavy atom. The van der Waals surface area contributed by atoms with Crippen molar-refractivity contribution in [2.75, 3.05) is 0 Å². The Morgan fingerprint density at radius 2 is 1.30 bits per heavy atom. The summed E-state index contributed by atoms with van der Waals surface area (Å²) in [7, 11) is 0. The van der Waals surface area contributed by atoms with Crippen molar-refractivity contribution < 1.29 is 9.59 Å². The van der Waals surface area contributed by atoms with Gasteiger partial charge in [-0.05, 0) is 12.8 Å². The van der Waals surface area contributed by atoms with Gasteiger partial charge in [-0.15, -0.1) is 0 Å². The van der Waals surface area contributed by atoms with Gasteiger partial charge in [0.1, 0.15) is 11.4 Å². The van der Waals surface area contributed by atoms with Crippen molar-refractivity contribution >= 4 is 12.6 Å². The topological polar surface area (TPSA) is 69.8 Å². The zero-order valence-electron chi connectivity index (χ0n) is 11.7. The second-order valence-electron chi connectivity index (χ2n) is 4.55. The Hall–Kier alpha value is -2.24.